The summed E-state index contributed by atoms with van der Waals surface area (Å²) >= 11 is 12.3. The number of aromatic nitrogens is 1. The molecule has 0 atom stereocenters. The van der Waals surface area contributed by atoms with Gasteiger partial charge in [-0.3, -0.25) is 9.59 Å². The lowest BCUT2D eigenvalue weighted by atomic mass is 10.1. The molecule has 0 radical (unpaired) electrons. The number of carbonyl (C=O) groups excluding carboxylic acids is 2. The standard InChI is InChI=1S/C21H14Cl2F3N3O5/c1-32-16-8-12(34-21(24,25)26)3-5-15(16)33-17-7-10(22)6-13(23)18(17)20(31)29-11-2-4-14(19(27)30)28-9-11/h2-9H,1H3,(H2,27,30)(H,29,31). The van der Waals surface area contributed by atoms with Crippen LogP contribution in [0.1, 0.15) is 20.8 Å². The van der Waals surface area contributed by atoms with Crippen molar-refractivity contribution in [2.24, 2.45) is 5.73 Å². The van der Waals surface area contributed by atoms with Crippen LogP contribution in [-0.2, 0) is 0 Å². The van der Waals surface area contributed by atoms with Crippen LogP contribution in [0, 0.1) is 0 Å². The second-order valence-electron chi connectivity index (χ2n) is 6.47. The van der Waals surface area contributed by atoms with E-state index in [1.807, 2.05) is 0 Å². The molecule has 0 aliphatic heterocycles. The fourth-order valence-electron chi connectivity index (χ4n) is 2.71. The number of nitrogens with zero attached hydrogens (tertiary/aromatic N) is 1. The summed E-state index contributed by atoms with van der Waals surface area (Å²) in [5, 5.41) is 2.59. The molecular formula is C21H14Cl2F3N3O5. The van der Waals surface area contributed by atoms with Gasteiger partial charge in [0.2, 0.25) is 0 Å². The molecule has 0 bridgehead atoms. The van der Waals surface area contributed by atoms with Gasteiger partial charge in [-0.05, 0) is 30.3 Å². The number of methoxy groups -OCH3 is 1. The number of hydrogen-bond acceptors (Lipinski definition) is 6. The van der Waals surface area contributed by atoms with Gasteiger partial charge < -0.3 is 25.3 Å². The number of primary amides is 1. The van der Waals surface area contributed by atoms with Gasteiger partial charge in [-0.15, -0.1) is 13.2 Å². The zero-order chi connectivity index (χ0) is 25.0. The van der Waals surface area contributed by atoms with Crippen LogP contribution in [0.3, 0.4) is 0 Å². The van der Waals surface area contributed by atoms with Gasteiger partial charge in [-0.1, -0.05) is 23.2 Å². The lowest BCUT2D eigenvalue weighted by Crippen LogP contribution is -2.17. The number of alkyl halides is 3. The van der Waals surface area contributed by atoms with Crippen molar-refractivity contribution in [3.8, 4) is 23.0 Å². The summed E-state index contributed by atoms with van der Waals surface area (Å²) in [7, 11) is 1.21. The summed E-state index contributed by atoms with van der Waals surface area (Å²) < 4.78 is 52.2. The summed E-state index contributed by atoms with van der Waals surface area (Å²) in [4.78, 5) is 27.9. The number of amides is 2. The SMILES string of the molecule is COc1cc(OC(F)(F)F)ccc1Oc1cc(Cl)cc(Cl)c1C(=O)Nc1ccc(C(N)=O)nc1. The van der Waals surface area contributed by atoms with Gasteiger partial charge in [0, 0.05) is 17.2 Å². The van der Waals surface area contributed by atoms with E-state index < -0.39 is 23.9 Å². The summed E-state index contributed by atoms with van der Waals surface area (Å²) in [5.74, 6) is -2.27. The van der Waals surface area contributed by atoms with E-state index in [2.05, 4.69) is 15.0 Å². The fourth-order valence-corrected chi connectivity index (χ4v) is 3.27. The van der Waals surface area contributed by atoms with E-state index in [4.69, 9.17) is 38.4 Å². The average Bonchev–Trinajstić information content (AvgIpc) is 2.73. The van der Waals surface area contributed by atoms with Crippen molar-refractivity contribution in [1.82, 2.24) is 4.98 Å². The summed E-state index contributed by atoms with van der Waals surface area (Å²) in [6.07, 6.45) is -3.69. The highest BCUT2D eigenvalue weighted by molar-refractivity contribution is 6.37. The van der Waals surface area contributed by atoms with Gasteiger partial charge in [-0.25, -0.2) is 4.98 Å². The number of benzene rings is 2. The first kappa shape index (κ1) is 24.9. The molecule has 0 spiro atoms. The topological polar surface area (TPSA) is 113 Å². The maximum Gasteiger partial charge on any atom is 0.573 e. The number of halogens is 5. The van der Waals surface area contributed by atoms with E-state index in [1.165, 1.54) is 37.6 Å². The van der Waals surface area contributed by atoms with Crippen LogP contribution >= 0.6 is 23.2 Å². The van der Waals surface area contributed by atoms with E-state index >= 15 is 0 Å². The third kappa shape index (κ3) is 6.21. The van der Waals surface area contributed by atoms with Gasteiger partial charge in [-0.2, -0.15) is 0 Å². The summed E-state index contributed by atoms with van der Waals surface area (Å²) in [6.45, 7) is 0. The van der Waals surface area contributed by atoms with Gasteiger partial charge in [0.05, 0.1) is 24.0 Å². The predicted molar refractivity (Wildman–Crippen MR) is 117 cm³/mol. The second-order valence-corrected chi connectivity index (χ2v) is 7.32. The van der Waals surface area contributed by atoms with E-state index in [-0.39, 0.29) is 44.2 Å². The molecule has 2 amide bonds. The minimum atomic E-state index is -4.90. The van der Waals surface area contributed by atoms with Crippen LogP contribution in [-0.4, -0.2) is 30.3 Å². The number of nitrogens with two attached hydrogens (primary N) is 1. The Morgan fingerprint density at radius 1 is 1.03 bits per heavy atom. The van der Waals surface area contributed by atoms with Crippen LogP contribution in [0.25, 0.3) is 0 Å². The Bertz CT molecular complexity index is 1240. The lowest BCUT2D eigenvalue weighted by molar-refractivity contribution is -0.274. The number of rotatable bonds is 7. The minimum Gasteiger partial charge on any atom is -0.493 e. The minimum absolute atomic E-state index is 0.00316. The molecule has 2 aromatic carbocycles. The molecule has 1 aromatic heterocycles. The van der Waals surface area contributed by atoms with Crippen LogP contribution in [0.5, 0.6) is 23.0 Å². The number of hydrogen-bond donors (Lipinski definition) is 2. The molecule has 13 heteroatoms. The largest absolute Gasteiger partial charge is 0.573 e. The smallest absolute Gasteiger partial charge is 0.493 e. The van der Waals surface area contributed by atoms with Gasteiger partial charge in [0.1, 0.15) is 22.8 Å². The molecular weight excluding hydrogens is 502 g/mol. The molecule has 0 aliphatic carbocycles. The van der Waals surface area contributed by atoms with E-state index in [0.717, 1.165) is 18.2 Å². The molecule has 8 nitrogen and oxygen atoms in total. The third-order valence-corrected chi connectivity index (χ3v) is 4.62. The van der Waals surface area contributed by atoms with E-state index in [0.29, 0.717) is 0 Å². The van der Waals surface area contributed by atoms with Crippen molar-refractivity contribution in [2.45, 2.75) is 6.36 Å². The number of anilines is 1. The number of ether oxygens (including phenoxy) is 3. The van der Waals surface area contributed by atoms with E-state index in [9.17, 15) is 22.8 Å². The molecule has 0 unspecified atom stereocenters. The monoisotopic (exact) mass is 515 g/mol. The summed E-state index contributed by atoms with van der Waals surface area (Å²) in [6, 6.07) is 8.42. The van der Waals surface area contributed by atoms with Gasteiger partial charge in [0.15, 0.2) is 11.5 Å². The molecule has 1 heterocycles. The molecule has 0 saturated heterocycles. The van der Waals surface area contributed by atoms with Crippen LogP contribution in [0.4, 0.5) is 18.9 Å². The number of nitrogens with one attached hydrogen (secondary N) is 1. The first-order chi connectivity index (χ1) is 16.0. The third-order valence-electron chi connectivity index (χ3n) is 4.11. The van der Waals surface area contributed by atoms with Crippen molar-refractivity contribution in [1.29, 1.82) is 0 Å². The quantitative estimate of drug-likeness (QED) is 0.433. The highest BCUT2D eigenvalue weighted by atomic mass is 35.5. The number of carbonyl (C=O) groups is 2. The lowest BCUT2D eigenvalue weighted by Gasteiger charge is -2.16. The summed E-state index contributed by atoms with van der Waals surface area (Å²) in [5.41, 5.74) is 5.22. The van der Waals surface area contributed by atoms with Crippen LogP contribution < -0.4 is 25.3 Å². The molecule has 0 saturated carbocycles. The molecule has 178 valence electrons. The molecule has 0 fully saturated rings. The Labute approximate surface area is 200 Å². The molecule has 34 heavy (non-hydrogen) atoms. The zero-order valence-corrected chi connectivity index (χ0v) is 18.6. The fraction of sp³-hybridized carbons (Fsp3) is 0.0952. The normalized spacial score (nSPS) is 11.0. The Hall–Kier alpha value is -3.70. The molecule has 3 N–H and O–H groups in total. The maximum atomic E-state index is 12.9. The second kappa shape index (κ2) is 10.1. The predicted octanol–water partition coefficient (Wildman–Crippen LogP) is 5.44. The van der Waals surface area contributed by atoms with Crippen molar-refractivity contribution >= 4 is 40.7 Å². The van der Waals surface area contributed by atoms with E-state index in [1.54, 1.807) is 0 Å². The Kier molecular flexibility index (Phi) is 7.38. The Balaban J connectivity index is 1.92. The highest BCUT2D eigenvalue weighted by Crippen LogP contribution is 2.40. The first-order valence-corrected chi connectivity index (χ1v) is 9.90. The molecule has 3 aromatic rings. The maximum absolute atomic E-state index is 12.9. The van der Waals surface area contributed by atoms with Crippen molar-refractivity contribution in [3.05, 3.63) is 70.0 Å². The van der Waals surface area contributed by atoms with Crippen LogP contribution in [0.15, 0.2) is 48.7 Å². The van der Waals surface area contributed by atoms with Crippen LogP contribution in [0.2, 0.25) is 10.0 Å². The molecule has 0 aliphatic rings. The van der Waals surface area contributed by atoms with Crippen molar-refractivity contribution < 1.29 is 37.0 Å². The molecule has 3 rings (SSSR count). The Morgan fingerprint density at radius 3 is 2.35 bits per heavy atom. The van der Waals surface area contributed by atoms with Gasteiger partial charge >= 0.3 is 6.36 Å². The van der Waals surface area contributed by atoms with Crippen molar-refractivity contribution in [2.75, 3.05) is 12.4 Å². The number of pyridine rings is 1. The van der Waals surface area contributed by atoms with Crippen molar-refractivity contribution in [3.63, 3.8) is 0 Å². The zero-order valence-electron chi connectivity index (χ0n) is 17.1. The Morgan fingerprint density at radius 2 is 1.76 bits per heavy atom. The average molecular weight is 516 g/mol. The highest BCUT2D eigenvalue weighted by Gasteiger charge is 2.31. The van der Waals surface area contributed by atoms with Gasteiger partial charge in [0.25, 0.3) is 11.8 Å². The first-order valence-electron chi connectivity index (χ1n) is 9.14.